The fourth-order valence-corrected chi connectivity index (χ4v) is 3.39. The highest BCUT2D eigenvalue weighted by molar-refractivity contribution is 6.21. The van der Waals surface area contributed by atoms with Gasteiger partial charge in [-0.05, 0) is 41.9 Å². The second-order valence-corrected chi connectivity index (χ2v) is 7.21. The Morgan fingerprint density at radius 2 is 1.80 bits per heavy atom. The lowest BCUT2D eigenvalue weighted by molar-refractivity contribution is 0.119. The van der Waals surface area contributed by atoms with Gasteiger partial charge in [0.05, 0.1) is 18.1 Å². The van der Waals surface area contributed by atoms with E-state index in [1.165, 1.54) is 16.7 Å². The molecule has 1 aliphatic rings. The normalized spacial score (nSPS) is 24.6. The van der Waals surface area contributed by atoms with Crippen LogP contribution in [0.15, 0.2) is 18.2 Å². The topological polar surface area (TPSA) is 9.23 Å². The van der Waals surface area contributed by atoms with Gasteiger partial charge in [0.15, 0.2) is 0 Å². The number of rotatable bonds is 4. The molecule has 1 fully saturated rings. The lowest BCUT2D eigenvalue weighted by atomic mass is 9.86. The Morgan fingerprint density at radius 3 is 2.30 bits per heavy atom. The van der Waals surface area contributed by atoms with Gasteiger partial charge in [0.2, 0.25) is 0 Å². The smallest absolute Gasteiger partial charge is 0.0639 e. The summed E-state index contributed by atoms with van der Waals surface area (Å²) in [5, 5.41) is 0.0681. The number of hydrogen-bond acceptors (Lipinski definition) is 1. The molecule has 2 rings (SSSR count). The van der Waals surface area contributed by atoms with Crippen molar-refractivity contribution in [3.8, 4) is 0 Å². The molecule has 1 heterocycles. The first-order valence-corrected chi connectivity index (χ1v) is 8.23. The molecule has 0 bridgehead atoms. The maximum absolute atomic E-state index is 6.78. The van der Waals surface area contributed by atoms with E-state index < -0.39 is 0 Å². The zero-order valence-electron chi connectivity index (χ0n) is 13.3. The molecule has 0 aromatic heterocycles. The van der Waals surface area contributed by atoms with E-state index in [-0.39, 0.29) is 5.38 Å². The summed E-state index contributed by atoms with van der Waals surface area (Å²) in [4.78, 5) is 0. The standard InChI is InChI=1S/C18H27ClO/c1-11(2)14-6-7-16(17(9-14)12(3)4)18(19)15-8-13(5)20-10-15/h6-7,9,11-13,15,18H,8,10H2,1-5H3. The summed E-state index contributed by atoms with van der Waals surface area (Å²) in [6, 6.07) is 6.82. The Bertz CT molecular complexity index is 453. The summed E-state index contributed by atoms with van der Waals surface area (Å²) < 4.78 is 5.69. The highest BCUT2D eigenvalue weighted by atomic mass is 35.5. The molecule has 1 aromatic rings. The van der Waals surface area contributed by atoms with Crippen LogP contribution in [0.1, 0.15) is 74.9 Å². The minimum atomic E-state index is 0.0681. The van der Waals surface area contributed by atoms with Crippen LogP contribution in [0.4, 0.5) is 0 Å². The van der Waals surface area contributed by atoms with E-state index in [4.69, 9.17) is 16.3 Å². The summed E-state index contributed by atoms with van der Waals surface area (Å²) in [6.45, 7) is 11.9. The predicted octanol–water partition coefficient (Wildman–Crippen LogP) is 5.64. The molecular formula is C18H27ClO. The molecule has 20 heavy (non-hydrogen) atoms. The second-order valence-electron chi connectivity index (χ2n) is 6.74. The molecule has 3 unspecified atom stereocenters. The third-order valence-corrected chi connectivity index (χ3v) is 4.93. The van der Waals surface area contributed by atoms with Crippen LogP contribution in [-0.4, -0.2) is 12.7 Å². The molecule has 1 saturated heterocycles. The van der Waals surface area contributed by atoms with E-state index in [1.54, 1.807) is 0 Å². The van der Waals surface area contributed by atoms with Crippen LogP contribution in [0.2, 0.25) is 0 Å². The van der Waals surface area contributed by atoms with Crippen molar-refractivity contribution in [1.29, 1.82) is 0 Å². The van der Waals surface area contributed by atoms with E-state index in [0.717, 1.165) is 13.0 Å². The highest BCUT2D eigenvalue weighted by Crippen LogP contribution is 2.40. The Hall–Kier alpha value is -0.530. The Kier molecular flexibility index (Phi) is 5.14. The van der Waals surface area contributed by atoms with Gasteiger partial charge in [-0.1, -0.05) is 45.9 Å². The molecule has 3 atom stereocenters. The van der Waals surface area contributed by atoms with Crippen LogP contribution in [0, 0.1) is 5.92 Å². The molecule has 0 saturated carbocycles. The van der Waals surface area contributed by atoms with Gasteiger partial charge in [-0.15, -0.1) is 11.6 Å². The molecule has 0 radical (unpaired) electrons. The van der Waals surface area contributed by atoms with Crippen molar-refractivity contribution in [3.05, 3.63) is 34.9 Å². The minimum Gasteiger partial charge on any atom is -0.378 e. The van der Waals surface area contributed by atoms with Crippen molar-refractivity contribution in [2.45, 2.75) is 64.4 Å². The monoisotopic (exact) mass is 294 g/mol. The fraction of sp³-hybridized carbons (Fsp3) is 0.667. The second kappa shape index (κ2) is 6.49. The van der Waals surface area contributed by atoms with Gasteiger partial charge >= 0.3 is 0 Å². The molecule has 2 heteroatoms. The zero-order valence-corrected chi connectivity index (χ0v) is 14.1. The first kappa shape index (κ1) is 15.9. The molecule has 0 spiro atoms. The van der Waals surface area contributed by atoms with Gasteiger partial charge in [0.1, 0.15) is 0 Å². The fourth-order valence-electron chi connectivity index (χ4n) is 3.01. The average molecular weight is 295 g/mol. The van der Waals surface area contributed by atoms with Gasteiger partial charge in [0.25, 0.3) is 0 Å². The van der Waals surface area contributed by atoms with E-state index in [1.807, 2.05) is 0 Å². The number of benzene rings is 1. The van der Waals surface area contributed by atoms with Crippen LogP contribution in [-0.2, 0) is 4.74 Å². The predicted molar refractivity (Wildman–Crippen MR) is 86.7 cm³/mol. The van der Waals surface area contributed by atoms with Crippen LogP contribution < -0.4 is 0 Å². The van der Waals surface area contributed by atoms with Crippen molar-refractivity contribution in [1.82, 2.24) is 0 Å². The molecular weight excluding hydrogens is 268 g/mol. The molecule has 0 aliphatic carbocycles. The van der Waals surface area contributed by atoms with Crippen LogP contribution >= 0.6 is 11.6 Å². The first-order chi connectivity index (χ1) is 9.40. The molecule has 0 amide bonds. The summed E-state index contributed by atoms with van der Waals surface area (Å²) in [6.07, 6.45) is 1.41. The summed E-state index contributed by atoms with van der Waals surface area (Å²) in [5.41, 5.74) is 4.10. The van der Waals surface area contributed by atoms with Crippen LogP contribution in [0.3, 0.4) is 0 Å². The van der Waals surface area contributed by atoms with Crippen molar-refractivity contribution < 1.29 is 4.74 Å². The minimum absolute atomic E-state index is 0.0681. The van der Waals surface area contributed by atoms with Crippen LogP contribution in [0.25, 0.3) is 0 Å². The largest absolute Gasteiger partial charge is 0.378 e. The van der Waals surface area contributed by atoms with Gasteiger partial charge in [0, 0.05) is 5.92 Å². The average Bonchev–Trinajstić information content (AvgIpc) is 2.83. The number of hydrogen-bond donors (Lipinski definition) is 0. The number of alkyl halides is 1. The van der Waals surface area contributed by atoms with Crippen molar-refractivity contribution in [2.75, 3.05) is 6.61 Å². The highest BCUT2D eigenvalue weighted by Gasteiger charge is 2.30. The van der Waals surface area contributed by atoms with Crippen molar-refractivity contribution in [3.63, 3.8) is 0 Å². The van der Waals surface area contributed by atoms with Crippen molar-refractivity contribution in [2.24, 2.45) is 5.92 Å². The van der Waals surface area contributed by atoms with Crippen molar-refractivity contribution >= 4 is 11.6 Å². The third kappa shape index (κ3) is 3.38. The Labute approximate surface area is 128 Å². The van der Waals surface area contributed by atoms with E-state index in [0.29, 0.717) is 23.9 Å². The number of ether oxygens (including phenoxy) is 1. The van der Waals surface area contributed by atoms with E-state index >= 15 is 0 Å². The maximum atomic E-state index is 6.78. The molecule has 0 N–H and O–H groups in total. The lowest BCUT2D eigenvalue weighted by Crippen LogP contribution is -2.11. The summed E-state index contributed by atoms with van der Waals surface area (Å²) in [7, 11) is 0. The van der Waals surface area contributed by atoms with E-state index in [9.17, 15) is 0 Å². The van der Waals surface area contributed by atoms with Gasteiger partial charge in [-0.3, -0.25) is 0 Å². The third-order valence-electron chi connectivity index (χ3n) is 4.34. The van der Waals surface area contributed by atoms with E-state index in [2.05, 4.69) is 52.8 Å². The van der Waals surface area contributed by atoms with Gasteiger partial charge in [-0.25, -0.2) is 0 Å². The molecule has 1 aromatic carbocycles. The molecule has 112 valence electrons. The quantitative estimate of drug-likeness (QED) is 0.653. The zero-order chi connectivity index (χ0) is 14.9. The van der Waals surface area contributed by atoms with Crippen LogP contribution in [0.5, 0.6) is 0 Å². The van der Waals surface area contributed by atoms with Gasteiger partial charge < -0.3 is 4.74 Å². The SMILES string of the molecule is CC1CC(C(Cl)c2ccc(C(C)C)cc2C(C)C)CO1. The lowest BCUT2D eigenvalue weighted by Gasteiger charge is -2.23. The Morgan fingerprint density at radius 1 is 1.10 bits per heavy atom. The summed E-state index contributed by atoms with van der Waals surface area (Å²) >= 11 is 6.78. The molecule has 1 aliphatic heterocycles. The Balaban J connectivity index is 2.30. The number of halogens is 1. The van der Waals surface area contributed by atoms with Gasteiger partial charge in [-0.2, -0.15) is 0 Å². The maximum Gasteiger partial charge on any atom is 0.0639 e. The first-order valence-electron chi connectivity index (χ1n) is 7.79. The summed E-state index contributed by atoms with van der Waals surface area (Å²) in [5.74, 6) is 1.50. The molecule has 1 nitrogen and oxygen atoms in total.